The number of sulfonamides is 1. The Hall–Kier alpha value is -1.24. The van der Waals surface area contributed by atoms with Gasteiger partial charge in [0.15, 0.2) is 0 Å². The van der Waals surface area contributed by atoms with Crippen molar-refractivity contribution in [1.82, 2.24) is 15.0 Å². The van der Waals surface area contributed by atoms with Crippen molar-refractivity contribution in [3.05, 3.63) is 12.2 Å². The van der Waals surface area contributed by atoms with Crippen molar-refractivity contribution >= 4 is 16.0 Å². The van der Waals surface area contributed by atoms with Crippen molar-refractivity contribution in [2.45, 2.75) is 13.3 Å². The summed E-state index contributed by atoms with van der Waals surface area (Å²) in [5.74, 6) is 0.621. The van der Waals surface area contributed by atoms with Crippen LogP contribution in [-0.2, 0) is 16.4 Å². The van der Waals surface area contributed by atoms with Gasteiger partial charge in [-0.2, -0.15) is 4.98 Å². The number of hydrogen-bond acceptors (Lipinski definition) is 5. The van der Waals surface area contributed by atoms with Crippen molar-refractivity contribution in [3.8, 4) is 0 Å². The first-order valence-electron chi connectivity index (χ1n) is 3.67. The Labute approximate surface area is 76.5 Å². The van der Waals surface area contributed by atoms with Crippen LogP contribution in [0.3, 0.4) is 0 Å². The lowest BCUT2D eigenvalue weighted by Crippen LogP contribution is -2.13. The van der Waals surface area contributed by atoms with E-state index in [2.05, 4.69) is 19.7 Å². The van der Waals surface area contributed by atoms with Gasteiger partial charge in [0, 0.05) is 6.42 Å². The van der Waals surface area contributed by atoms with Crippen LogP contribution >= 0.6 is 0 Å². The minimum absolute atomic E-state index is 0.0642. The predicted octanol–water partition coefficient (Wildman–Crippen LogP) is -0.195. The summed E-state index contributed by atoms with van der Waals surface area (Å²) in [6, 6.07) is 0. The first kappa shape index (κ1) is 9.85. The molecule has 0 aromatic carbocycles. The van der Waals surface area contributed by atoms with Crippen LogP contribution in [0.25, 0.3) is 0 Å². The molecule has 6 nitrogen and oxygen atoms in total. The number of aryl methyl sites for hydroxylation is 1. The smallest absolute Gasteiger partial charge is 0.239 e. The third-order valence-corrected chi connectivity index (χ3v) is 1.77. The molecule has 0 spiro atoms. The van der Waals surface area contributed by atoms with Crippen LogP contribution in [0.4, 0.5) is 5.95 Å². The summed E-state index contributed by atoms with van der Waals surface area (Å²) >= 11 is 0. The SMILES string of the molecule is CCc1ncnc(NS(C)(=O)=O)n1. The van der Waals surface area contributed by atoms with E-state index in [0.29, 0.717) is 12.2 Å². The van der Waals surface area contributed by atoms with Crippen molar-refractivity contribution < 1.29 is 8.42 Å². The van der Waals surface area contributed by atoms with E-state index in [1.165, 1.54) is 6.33 Å². The fraction of sp³-hybridized carbons (Fsp3) is 0.500. The topological polar surface area (TPSA) is 84.8 Å². The standard InChI is InChI=1S/C6H10N4O2S/c1-3-5-7-4-8-6(9-5)10-13(2,11)12/h4H,3H2,1-2H3,(H,7,8,9,10). The maximum absolute atomic E-state index is 10.8. The van der Waals surface area contributed by atoms with Crippen LogP contribution in [0.5, 0.6) is 0 Å². The predicted molar refractivity (Wildman–Crippen MR) is 47.7 cm³/mol. The molecule has 1 N–H and O–H groups in total. The zero-order valence-corrected chi connectivity index (χ0v) is 8.17. The first-order valence-corrected chi connectivity index (χ1v) is 5.56. The molecule has 1 rings (SSSR count). The molecule has 0 unspecified atom stereocenters. The minimum Gasteiger partial charge on any atom is -0.251 e. The summed E-state index contributed by atoms with van der Waals surface area (Å²) in [7, 11) is -3.30. The molecule has 0 fully saturated rings. The van der Waals surface area contributed by atoms with E-state index in [1.807, 2.05) is 6.92 Å². The van der Waals surface area contributed by atoms with Crippen LogP contribution in [0.2, 0.25) is 0 Å². The molecule has 72 valence electrons. The van der Waals surface area contributed by atoms with Crippen LogP contribution in [0.1, 0.15) is 12.7 Å². The van der Waals surface area contributed by atoms with E-state index in [1.54, 1.807) is 0 Å². The molecule has 1 heterocycles. The summed E-state index contributed by atoms with van der Waals surface area (Å²) in [4.78, 5) is 11.4. The van der Waals surface area contributed by atoms with Gasteiger partial charge >= 0.3 is 0 Å². The average Bonchev–Trinajstić information content (AvgIpc) is 2.01. The van der Waals surface area contributed by atoms with Gasteiger partial charge in [-0.25, -0.2) is 18.4 Å². The van der Waals surface area contributed by atoms with E-state index in [-0.39, 0.29) is 5.95 Å². The zero-order chi connectivity index (χ0) is 9.90. The summed E-state index contributed by atoms with van der Waals surface area (Å²) in [5, 5.41) is 0. The van der Waals surface area contributed by atoms with Gasteiger partial charge in [0.1, 0.15) is 12.2 Å². The van der Waals surface area contributed by atoms with Crippen LogP contribution in [0, 0.1) is 0 Å². The Morgan fingerprint density at radius 1 is 1.46 bits per heavy atom. The van der Waals surface area contributed by atoms with Crippen LogP contribution in [-0.4, -0.2) is 29.6 Å². The molecule has 13 heavy (non-hydrogen) atoms. The maximum atomic E-state index is 10.8. The van der Waals surface area contributed by atoms with Crippen molar-refractivity contribution in [1.29, 1.82) is 0 Å². The second-order valence-corrected chi connectivity index (χ2v) is 4.20. The number of nitrogens with zero attached hydrogens (tertiary/aromatic N) is 3. The van der Waals surface area contributed by atoms with Gasteiger partial charge in [-0.1, -0.05) is 6.92 Å². The second kappa shape index (κ2) is 3.65. The summed E-state index contributed by atoms with van der Waals surface area (Å²) in [6.45, 7) is 1.87. The molecule has 0 aliphatic rings. The van der Waals surface area contributed by atoms with Crippen molar-refractivity contribution in [3.63, 3.8) is 0 Å². The molecule has 0 saturated heterocycles. The fourth-order valence-corrected chi connectivity index (χ4v) is 1.15. The molecule has 1 aromatic rings. The number of nitrogens with one attached hydrogen (secondary N) is 1. The Kier molecular flexibility index (Phi) is 2.76. The highest BCUT2D eigenvalue weighted by atomic mass is 32.2. The molecular weight excluding hydrogens is 192 g/mol. The van der Waals surface area contributed by atoms with Crippen molar-refractivity contribution in [2.75, 3.05) is 11.0 Å². The lowest BCUT2D eigenvalue weighted by atomic mass is 10.5. The lowest BCUT2D eigenvalue weighted by Gasteiger charge is -2.01. The first-order chi connectivity index (χ1) is 6.01. The highest BCUT2D eigenvalue weighted by Crippen LogP contribution is 1.99. The number of aromatic nitrogens is 3. The van der Waals surface area contributed by atoms with E-state index in [4.69, 9.17) is 0 Å². The third-order valence-electron chi connectivity index (χ3n) is 1.21. The molecule has 0 atom stereocenters. The van der Waals surface area contributed by atoms with Crippen LogP contribution in [0.15, 0.2) is 6.33 Å². The maximum Gasteiger partial charge on any atom is 0.239 e. The van der Waals surface area contributed by atoms with E-state index in [0.717, 1.165) is 6.26 Å². The highest BCUT2D eigenvalue weighted by Gasteiger charge is 2.04. The van der Waals surface area contributed by atoms with E-state index < -0.39 is 10.0 Å². The molecule has 0 radical (unpaired) electrons. The lowest BCUT2D eigenvalue weighted by molar-refractivity contribution is 0.606. The fourth-order valence-electron chi connectivity index (χ4n) is 0.716. The Morgan fingerprint density at radius 3 is 2.69 bits per heavy atom. The number of anilines is 1. The van der Waals surface area contributed by atoms with Crippen LogP contribution < -0.4 is 4.72 Å². The van der Waals surface area contributed by atoms with Gasteiger partial charge in [-0.15, -0.1) is 0 Å². The van der Waals surface area contributed by atoms with Gasteiger partial charge in [0.05, 0.1) is 6.26 Å². The van der Waals surface area contributed by atoms with E-state index in [9.17, 15) is 8.42 Å². The van der Waals surface area contributed by atoms with Crippen molar-refractivity contribution in [2.24, 2.45) is 0 Å². The van der Waals surface area contributed by atoms with Gasteiger partial charge < -0.3 is 0 Å². The second-order valence-electron chi connectivity index (χ2n) is 2.45. The molecule has 0 aliphatic carbocycles. The Morgan fingerprint density at radius 2 is 2.15 bits per heavy atom. The number of rotatable bonds is 3. The quantitative estimate of drug-likeness (QED) is 0.734. The van der Waals surface area contributed by atoms with Gasteiger partial charge in [0.2, 0.25) is 16.0 Å². The molecule has 7 heteroatoms. The summed E-state index contributed by atoms with van der Waals surface area (Å²) in [6.07, 6.45) is 2.96. The Bertz CT molecular complexity index is 389. The van der Waals surface area contributed by atoms with Gasteiger partial charge in [-0.3, -0.25) is 4.72 Å². The Balaban J connectivity index is 2.90. The summed E-state index contributed by atoms with van der Waals surface area (Å²) < 4.78 is 23.7. The van der Waals surface area contributed by atoms with Gasteiger partial charge in [0.25, 0.3) is 0 Å². The van der Waals surface area contributed by atoms with Gasteiger partial charge in [-0.05, 0) is 0 Å². The molecule has 0 aliphatic heterocycles. The zero-order valence-electron chi connectivity index (χ0n) is 7.35. The molecule has 0 bridgehead atoms. The molecule has 0 amide bonds. The molecular formula is C6H10N4O2S. The normalized spacial score (nSPS) is 11.2. The third kappa shape index (κ3) is 3.32. The summed E-state index contributed by atoms with van der Waals surface area (Å²) in [5.41, 5.74) is 0. The number of hydrogen-bond donors (Lipinski definition) is 1. The monoisotopic (exact) mass is 202 g/mol. The van der Waals surface area contributed by atoms with E-state index >= 15 is 0 Å². The minimum atomic E-state index is -3.30. The molecule has 0 saturated carbocycles. The highest BCUT2D eigenvalue weighted by molar-refractivity contribution is 7.91. The average molecular weight is 202 g/mol. The molecule has 1 aromatic heterocycles. The largest absolute Gasteiger partial charge is 0.251 e.